The van der Waals surface area contributed by atoms with Gasteiger partial charge in [-0.15, -0.1) is 11.3 Å². The van der Waals surface area contributed by atoms with Crippen LogP contribution in [-0.2, 0) is 11.2 Å². The molecule has 1 amide bonds. The number of thiophene rings is 1. The standard InChI is InChI=1S/C18H22N4OS/c1-13-15-6-12-24-16(15)5-11-22(13)17(23)14-3-9-21(10-4-14)18-19-7-2-8-20-18/h2,6-8,12-14H,3-5,9-11H2,1H3/t13-/m0/s1. The van der Waals surface area contributed by atoms with E-state index >= 15 is 0 Å². The van der Waals surface area contributed by atoms with E-state index in [0.717, 1.165) is 44.8 Å². The van der Waals surface area contributed by atoms with Crippen molar-refractivity contribution in [3.05, 3.63) is 40.3 Å². The quantitative estimate of drug-likeness (QED) is 0.842. The molecule has 5 nitrogen and oxygen atoms in total. The van der Waals surface area contributed by atoms with Crippen molar-refractivity contribution in [2.24, 2.45) is 5.92 Å². The molecule has 4 rings (SSSR count). The third kappa shape index (κ3) is 2.79. The molecule has 0 unspecified atom stereocenters. The van der Waals surface area contributed by atoms with E-state index < -0.39 is 0 Å². The Morgan fingerprint density at radius 2 is 1.96 bits per heavy atom. The minimum absolute atomic E-state index is 0.132. The number of hydrogen-bond acceptors (Lipinski definition) is 5. The van der Waals surface area contributed by atoms with Gasteiger partial charge in [0, 0.05) is 42.8 Å². The number of carbonyl (C=O) groups is 1. The molecule has 0 radical (unpaired) electrons. The van der Waals surface area contributed by atoms with Crippen LogP contribution in [0.25, 0.3) is 0 Å². The first-order valence-corrected chi connectivity index (χ1v) is 9.50. The number of nitrogens with zero attached hydrogens (tertiary/aromatic N) is 4. The van der Waals surface area contributed by atoms with E-state index in [1.165, 1.54) is 10.4 Å². The van der Waals surface area contributed by atoms with Gasteiger partial charge in [-0.1, -0.05) is 0 Å². The van der Waals surface area contributed by atoms with Gasteiger partial charge < -0.3 is 9.80 Å². The molecule has 0 spiro atoms. The lowest BCUT2D eigenvalue weighted by atomic mass is 9.92. The van der Waals surface area contributed by atoms with E-state index in [1.807, 2.05) is 17.4 Å². The van der Waals surface area contributed by atoms with Crippen LogP contribution in [0.5, 0.6) is 0 Å². The lowest BCUT2D eigenvalue weighted by molar-refractivity contribution is -0.138. The molecule has 24 heavy (non-hydrogen) atoms. The molecule has 4 heterocycles. The summed E-state index contributed by atoms with van der Waals surface area (Å²) in [6.45, 7) is 4.73. The number of piperidine rings is 1. The van der Waals surface area contributed by atoms with Crippen molar-refractivity contribution in [1.82, 2.24) is 14.9 Å². The van der Waals surface area contributed by atoms with Crippen LogP contribution in [0.1, 0.15) is 36.2 Å². The van der Waals surface area contributed by atoms with Crippen molar-refractivity contribution in [1.29, 1.82) is 0 Å². The Morgan fingerprint density at radius 3 is 2.71 bits per heavy atom. The van der Waals surface area contributed by atoms with E-state index in [-0.39, 0.29) is 12.0 Å². The van der Waals surface area contributed by atoms with E-state index in [1.54, 1.807) is 12.4 Å². The summed E-state index contributed by atoms with van der Waals surface area (Å²) in [5.74, 6) is 1.23. The van der Waals surface area contributed by atoms with Gasteiger partial charge in [-0.25, -0.2) is 9.97 Å². The van der Waals surface area contributed by atoms with Gasteiger partial charge in [-0.2, -0.15) is 0 Å². The van der Waals surface area contributed by atoms with E-state index in [2.05, 4.69) is 38.1 Å². The molecule has 1 atom stereocenters. The zero-order valence-electron chi connectivity index (χ0n) is 13.9. The van der Waals surface area contributed by atoms with E-state index in [0.29, 0.717) is 5.91 Å². The molecular weight excluding hydrogens is 320 g/mol. The molecule has 0 N–H and O–H groups in total. The van der Waals surface area contributed by atoms with Crippen LogP contribution in [0.2, 0.25) is 0 Å². The highest BCUT2D eigenvalue weighted by atomic mass is 32.1. The normalized spacial score (nSPS) is 21.6. The SMILES string of the molecule is C[C@H]1c2ccsc2CCN1C(=O)C1CCN(c2ncccn2)CC1. The van der Waals surface area contributed by atoms with Gasteiger partial charge in [0.1, 0.15) is 0 Å². The van der Waals surface area contributed by atoms with Crippen LogP contribution in [0.15, 0.2) is 29.9 Å². The van der Waals surface area contributed by atoms with Crippen molar-refractivity contribution >= 4 is 23.2 Å². The summed E-state index contributed by atoms with van der Waals surface area (Å²) in [4.78, 5) is 27.4. The summed E-state index contributed by atoms with van der Waals surface area (Å²) >= 11 is 1.82. The Balaban J connectivity index is 1.40. The molecular formula is C18H22N4OS. The van der Waals surface area contributed by atoms with E-state index in [9.17, 15) is 4.79 Å². The second-order valence-electron chi connectivity index (χ2n) is 6.57. The van der Waals surface area contributed by atoms with Crippen LogP contribution in [-0.4, -0.2) is 40.4 Å². The van der Waals surface area contributed by atoms with Gasteiger partial charge in [0.2, 0.25) is 11.9 Å². The second kappa shape index (κ2) is 6.51. The Labute approximate surface area is 146 Å². The number of carbonyl (C=O) groups excluding carboxylic acids is 1. The van der Waals surface area contributed by atoms with Gasteiger partial charge in [0.05, 0.1) is 6.04 Å². The number of amides is 1. The van der Waals surface area contributed by atoms with Crippen LogP contribution >= 0.6 is 11.3 Å². The monoisotopic (exact) mass is 342 g/mol. The number of hydrogen-bond donors (Lipinski definition) is 0. The number of rotatable bonds is 2. The fraction of sp³-hybridized carbons (Fsp3) is 0.500. The minimum Gasteiger partial charge on any atom is -0.341 e. The summed E-state index contributed by atoms with van der Waals surface area (Å²) in [6.07, 6.45) is 6.31. The summed E-state index contributed by atoms with van der Waals surface area (Å²) in [5.41, 5.74) is 1.34. The molecule has 1 fully saturated rings. The first kappa shape index (κ1) is 15.6. The van der Waals surface area contributed by atoms with Gasteiger partial charge >= 0.3 is 0 Å². The highest BCUT2D eigenvalue weighted by Crippen LogP contribution is 2.35. The third-order valence-corrected chi connectivity index (χ3v) is 6.24. The molecule has 2 aromatic heterocycles. The van der Waals surface area contributed by atoms with Crippen LogP contribution in [0.3, 0.4) is 0 Å². The summed E-state index contributed by atoms with van der Waals surface area (Å²) in [7, 11) is 0. The maximum atomic E-state index is 13.0. The number of aromatic nitrogens is 2. The van der Waals surface area contributed by atoms with E-state index in [4.69, 9.17) is 0 Å². The summed E-state index contributed by atoms with van der Waals surface area (Å²) in [5, 5.41) is 2.15. The fourth-order valence-electron chi connectivity index (χ4n) is 3.83. The number of fused-ring (bicyclic) bond motifs is 1. The highest BCUT2D eigenvalue weighted by Gasteiger charge is 2.34. The maximum Gasteiger partial charge on any atom is 0.226 e. The smallest absolute Gasteiger partial charge is 0.226 e. The average Bonchev–Trinajstić information content (AvgIpc) is 3.12. The minimum atomic E-state index is 0.132. The van der Waals surface area contributed by atoms with Crippen molar-refractivity contribution in [3.63, 3.8) is 0 Å². The molecule has 126 valence electrons. The number of anilines is 1. The van der Waals surface area contributed by atoms with Gasteiger partial charge in [-0.3, -0.25) is 4.79 Å². The Hall–Kier alpha value is -1.95. The first-order valence-electron chi connectivity index (χ1n) is 8.63. The van der Waals surface area contributed by atoms with Gasteiger partial charge in [-0.05, 0) is 49.3 Å². The highest BCUT2D eigenvalue weighted by molar-refractivity contribution is 7.10. The zero-order chi connectivity index (χ0) is 16.5. The molecule has 6 heteroatoms. The predicted molar refractivity (Wildman–Crippen MR) is 95.1 cm³/mol. The molecule has 2 aliphatic rings. The third-order valence-electron chi connectivity index (χ3n) is 5.24. The molecule has 0 bridgehead atoms. The molecule has 0 saturated carbocycles. The Morgan fingerprint density at radius 1 is 1.21 bits per heavy atom. The molecule has 2 aromatic rings. The molecule has 1 saturated heterocycles. The van der Waals surface area contributed by atoms with Crippen molar-refractivity contribution in [3.8, 4) is 0 Å². The van der Waals surface area contributed by atoms with Gasteiger partial charge in [0.25, 0.3) is 0 Å². The topological polar surface area (TPSA) is 49.3 Å². The van der Waals surface area contributed by atoms with Crippen LogP contribution in [0, 0.1) is 5.92 Å². The predicted octanol–water partition coefficient (Wildman–Crippen LogP) is 2.90. The summed E-state index contributed by atoms with van der Waals surface area (Å²) < 4.78 is 0. The van der Waals surface area contributed by atoms with Gasteiger partial charge in [0.15, 0.2) is 0 Å². The van der Waals surface area contributed by atoms with Crippen LogP contribution < -0.4 is 4.90 Å². The lowest BCUT2D eigenvalue weighted by Crippen LogP contribution is -2.45. The largest absolute Gasteiger partial charge is 0.341 e. The zero-order valence-corrected chi connectivity index (χ0v) is 14.7. The van der Waals surface area contributed by atoms with Crippen molar-refractivity contribution in [2.75, 3.05) is 24.5 Å². The molecule has 2 aliphatic heterocycles. The first-order chi connectivity index (χ1) is 11.7. The summed E-state index contributed by atoms with van der Waals surface area (Å²) in [6, 6.07) is 4.22. The van der Waals surface area contributed by atoms with Crippen molar-refractivity contribution in [2.45, 2.75) is 32.2 Å². The molecule has 0 aromatic carbocycles. The van der Waals surface area contributed by atoms with Crippen LogP contribution in [0.4, 0.5) is 5.95 Å². The molecule has 0 aliphatic carbocycles. The maximum absolute atomic E-state index is 13.0. The Bertz CT molecular complexity index is 709. The lowest BCUT2D eigenvalue weighted by Gasteiger charge is -2.38. The van der Waals surface area contributed by atoms with Crippen molar-refractivity contribution < 1.29 is 4.79 Å². The Kier molecular flexibility index (Phi) is 4.22. The average molecular weight is 342 g/mol. The fourth-order valence-corrected chi connectivity index (χ4v) is 4.79. The second-order valence-corrected chi connectivity index (χ2v) is 7.57.